The van der Waals surface area contributed by atoms with E-state index in [1.165, 1.54) is 0 Å². The molecule has 0 spiro atoms. The standard InChI is InChI=1S/C19H25N3O3/c1-13-7-8-14(2)16(11-13)24-12-17(23)21-19(9-5-4-6-10-19)18-20-15(3)25-22-18/h7-8,11H,4-6,9-10,12H2,1-3H3,(H,21,23). The van der Waals surface area contributed by atoms with Crippen molar-refractivity contribution in [1.29, 1.82) is 0 Å². The van der Waals surface area contributed by atoms with Gasteiger partial charge < -0.3 is 14.6 Å². The van der Waals surface area contributed by atoms with Crippen molar-refractivity contribution in [2.75, 3.05) is 6.61 Å². The fourth-order valence-electron chi connectivity index (χ4n) is 3.36. The molecule has 0 unspecified atom stereocenters. The van der Waals surface area contributed by atoms with E-state index in [1.54, 1.807) is 6.92 Å². The van der Waals surface area contributed by atoms with E-state index in [-0.39, 0.29) is 12.5 Å². The zero-order chi connectivity index (χ0) is 17.9. The number of benzene rings is 1. The highest BCUT2D eigenvalue weighted by Crippen LogP contribution is 2.35. The summed E-state index contributed by atoms with van der Waals surface area (Å²) in [6.07, 6.45) is 4.87. The smallest absolute Gasteiger partial charge is 0.258 e. The van der Waals surface area contributed by atoms with E-state index >= 15 is 0 Å². The minimum absolute atomic E-state index is 0.0249. The van der Waals surface area contributed by atoms with E-state index in [9.17, 15) is 4.79 Å². The molecule has 1 aliphatic rings. The Bertz CT molecular complexity index is 748. The van der Waals surface area contributed by atoms with E-state index in [4.69, 9.17) is 9.26 Å². The molecule has 0 bridgehead atoms. The first kappa shape index (κ1) is 17.5. The maximum Gasteiger partial charge on any atom is 0.258 e. The van der Waals surface area contributed by atoms with Crippen LogP contribution >= 0.6 is 0 Å². The summed E-state index contributed by atoms with van der Waals surface area (Å²) >= 11 is 0. The van der Waals surface area contributed by atoms with Crippen molar-refractivity contribution in [3.05, 3.63) is 41.0 Å². The van der Waals surface area contributed by atoms with Crippen molar-refractivity contribution in [2.45, 2.75) is 58.4 Å². The Balaban J connectivity index is 1.69. The molecule has 3 rings (SSSR count). The number of amides is 1. The van der Waals surface area contributed by atoms with Gasteiger partial charge in [-0.3, -0.25) is 4.79 Å². The SMILES string of the molecule is Cc1ccc(C)c(OCC(=O)NC2(c3noc(C)n3)CCCCC2)c1. The average molecular weight is 343 g/mol. The average Bonchev–Trinajstić information content (AvgIpc) is 3.04. The molecule has 134 valence electrons. The first-order chi connectivity index (χ1) is 12.0. The minimum atomic E-state index is -0.544. The number of aromatic nitrogens is 2. The molecular formula is C19H25N3O3. The molecule has 1 N–H and O–H groups in total. The van der Waals surface area contributed by atoms with Crippen LogP contribution < -0.4 is 10.1 Å². The van der Waals surface area contributed by atoms with Crippen LogP contribution in [0.4, 0.5) is 0 Å². The molecule has 0 radical (unpaired) electrons. The van der Waals surface area contributed by atoms with Crippen LogP contribution in [0.5, 0.6) is 5.75 Å². The Morgan fingerprint density at radius 2 is 2.00 bits per heavy atom. The van der Waals surface area contributed by atoms with Gasteiger partial charge in [0.15, 0.2) is 12.4 Å². The first-order valence-corrected chi connectivity index (χ1v) is 8.80. The molecule has 2 aromatic rings. The third-order valence-electron chi connectivity index (χ3n) is 4.74. The topological polar surface area (TPSA) is 77.2 Å². The van der Waals surface area contributed by atoms with Gasteiger partial charge in [-0.25, -0.2) is 0 Å². The third kappa shape index (κ3) is 4.00. The van der Waals surface area contributed by atoms with Gasteiger partial charge in [0.05, 0.1) is 0 Å². The summed E-state index contributed by atoms with van der Waals surface area (Å²) in [5.41, 5.74) is 1.57. The second-order valence-corrected chi connectivity index (χ2v) is 6.89. The molecule has 1 heterocycles. The molecule has 1 aromatic carbocycles. The van der Waals surface area contributed by atoms with Gasteiger partial charge in [-0.05, 0) is 43.9 Å². The number of ether oxygens (including phenoxy) is 1. The summed E-state index contributed by atoms with van der Waals surface area (Å²) in [6, 6.07) is 5.96. The van der Waals surface area contributed by atoms with Crippen LogP contribution in [0.15, 0.2) is 22.7 Å². The Morgan fingerprint density at radius 3 is 2.68 bits per heavy atom. The van der Waals surface area contributed by atoms with Crippen molar-refractivity contribution in [1.82, 2.24) is 15.5 Å². The third-order valence-corrected chi connectivity index (χ3v) is 4.74. The largest absolute Gasteiger partial charge is 0.483 e. The van der Waals surface area contributed by atoms with Gasteiger partial charge in [-0.1, -0.05) is 36.6 Å². The van der Waals surface area contributed by atoms with Crippen molar-refractivity contribution < 1.29 is 14.1 Å². The molecule has 6 nitrogen and oxygen atoms in total. The summed E-state index contributed by atoms with van der Waals surface area (Å²) in [4.78, 5) is 16.9. The molecule has 1 aromatic heterocycles. The molecule has 0 atom stereocenters. The molecule has 0 aliphatic heterocycles. The second-order valence-electron chi connectivity index (χ2n) is 6.89. The number of nitrogens with one attached hydrogen (secondary N) is 1. The summed E-state index contributed by atoms with van der Waals surface area (Å²) in [7, 11) is 0. The van der Waals surface area contributed by atoms with Gasteiger partial charge >= 0.3 is 0 Å². The highest BCUT2D eigenvalue weighted by atomic mass is 16.5. The number of hydrogen-bond acceptors (Lipinski definition) is 5. The summed E-state index contributed by atoms with van der Waals surface area (Å²) in [6.45, 7) is 5.71. The quantitative estimate of drug-likeness (QED) is 0.901. The van der Waals surface area contributed by atoms with Crippen LogP contribution in [-0.4, -0.2) is 22.7 Å². The molecule has 1 saturated carbocycles. The number of aryl methyl sites for hydroxylation is 3. The number of rotatable bonds is 5. The number of nitrogens with zero attached hydrogens (tertiary/aromatic N) is 2. The van der Waals surface area contributed by atoms with Gasteiger partial charge in [0.25, 0.3) is 5.91 Å². The van der Waals surface area contributed by atoms with Gasteiger partial charge in [0.1, 0.15) is 11.3 Å². The van der Waals surface area contributed by atoms with Crippen molar-refractivity contribution in [2.24, 2.45) is 0 Å². The number of carbonyl (C=O) groups is 1. The zero-order valence-electron chi connectivity index (χ0n) is 15.1. The summed E-state index contributed by atoms with van der Waals surface area (Å²) in [5.74, 6) is 1.67. The van der Waals surface area contributed by atoms with Crippen LogP contribution in [0.1, 0.15) is 54.9 Å². The zero-order valence-corrected chi connectivity index (χ0v) is 15.1. The Kier molecular flexibility index (Phi) is 5.06. The van der Waals surface area contributed by atoms with E-state index < -0.39 is 5.54 Å². The van der Waals surface area contributed by atoms with Gasteiger partial charge in [-0.2, -0.15) is 4.98 Å². The fourth-order valence-corrected chi connectivity index (χ4v) is 3.36. The highest BCUT2D eigenvalue weighted by molar-refractivity contribution is 5.78. The van der Waals surface area contributed by atoms with Crippen LogP contribution in [0.3, 0.4) is 0 Å². The molecule has 1 amide bonds. The van der Waals surface area contributed by atoms with Crippen molar-refractivity contribution in [3.8, 4) is 5.75 Å². The summed E-state index contributed by atoms with van der Waals surface area (Å²) < 4.78 is 10.9. The molecule has 25 heavy (non-hydrogen) atoms. The number of carbonyl (C=O) groups excluding carboxylic acids is 1. The van der Waals surface area contributed by atoms with Gasteiger partial charge in [0, 0.05) is 6.92 Å². The molecule has 6 heteroatoms. The Morgan fingerprint density at radius 1 is 1.24 bits per heavy atom. The molecule has 1 aliphatic carbocycles. The Labute approximate surface area is 148 Å². The van der Waals surface area contributed by atoms with E-state index in [2.05, 4.69) is 15.5 Å². The molecule has 0 saturated heterocycles. The Hall–Kier alpha value is -2.37. The van der Waals surface area contributed by atoms with Crippen LogP contribution in [0.2, 0.25) is 0 Å². The maximum absolute atomic E-state index is 12.5. The lowest BCUT2D eigenvalue weighted by molar-refractivity contribution is -0.125. The van der Waals surface area contributed by atoms with Crippen molar-refractivity contribution >= 4 is 5.91 Å². The lowest BCUT2D eigenvalue weighted by Gasteiger charge is -2.35. The highest BCUT2D eigenvalue weighted by Gasteiger charge is 2.39. The number of hydrogen-bond donors (Lipinski definition) is 1. The van der Waals surface area contributed by atoms with Crippen LogP contribution in [0, 0.1) is 20.8 Å². The van der Waals surface area contributed by atoms with Gasteiger partial charge in [-0.15, -0.1) is 0 Å². The lowest BCUT2D eigenvalue weighted by atomic mass is 9.81. The second kappa shape index (κ2) is 7.25. The van der Waals surface area contributed by atoms with E-state index in [0.29, 0.717) is 11.7 Å². The predicted octanol–water partition coefficient (Wildman–Crippen LogP) is 3.35. The fraction of sp³-hybridized carbons (Fsp3) is 0.526. The maximum atomic E-state index is 12.5. The molecular weight excluding hydrogens is 318 g/mol. The monoisotopic (exact) mass is 343 g/mol. The first-order valence-electron chi connectivity index (χ1n) is 8.80. The van der Waals surface area contributed by atoms with Gasteiger partial charge in [0.2, 0.25) is 5.89 Å². The van der Waals surface area contributed by atoms with Crippen molar-refractivity contribution in [3.63, 3.8) is 0 Å². The summed E-state index contributed by atoms with van der Waals surface area (Å²) in [5, 5.41) is 7.18. The lowest BCUT2D eigenvalue weighted by Crippen LogP contribution is -2.49. The van der Waals surface area contributed by atoms with Crippen LogP contribution in [-0.2, 0) is 10.3 Å². The van der Waals surface area contributed by atoms with Crippen LogP contribution in [0.25, 0.3) is 0 Å². The van der Waals surface area contributed by atoms with E-state index in [0.717, 1.165) is 49.0 Å². The normalized spacial score (nSPS) is 16.4. The predicted molar refractivity (Wildman–Crippen MR) is 93.4 cm³/mol. The molecule has 1 fully saturated rings. The minimum Gasteiger partial charge on any atom is -0.483 e. The van der Waals surface area contributed by atoms with E-state index in [1.807, 2.05) is 32.0 Å².